The number of rotatable bonds is 2. The molecule has 5 nitrogen and oxygen atoms in total. The van der Waals surface area contributed by atoms with Crippen molar-refractivity contribution >= 4 is 52.2 Å². The Balaban J connectivity index is 2.04. The monoisotopic (exact) mass is 365 g/mol. The van der Waals surface area contributed by atoms with Gasteiger partial charge in [-0.05, 0) is 42.5 Å². The Hall–Kier alpha value is -2.15. The van der Waals surface area contributed by atoms with Gasteiger partial charge >= 0.3 is 0 Å². The fourth-order valence-corrected chi connectivity index (χ4v) is 2.60. The summed E-state index contributed by atoms with van der Waals surface area (Å²) in [6.45, 7) is 0. The van der Waals surface area contributed by atoms with Crippen LogP contribution in [0.2, 0.25) is 10.0 Å². The first-order valence-electron chi connectivity index (χ1n) is 6.48. The fourth-order valence-electron chi connectivity index (χ4n) is 2.07. The summed E-state index contributed by atoms with van der Waals surface area (Å²) in [4.78, 5) is 27.6. The first-order chi connectivity index (χ1) is 11.0. The molecular formula is C15H9Cl2N3O2S. The summed E-state index contributed by atoms with van der Waals surface area (Å²) < 4.78 is 1.07. The number of hydrogen-bond acceptors (Lipinski definition) is 3. The number of aromatic nitrogens is 2. The van der Waals surface area contributed by atoms with Gasteiger partial charge in [0.15, 0.2) is 4.77 Å². The Labute approximate surface area is 145 Å². The predicted octanol–water partition coefficient (Wildman–Crippen LogP) is 3.75. The number of halogens is 2. The maximum absolute atomic E-state index is 12.5. The van der Waals surface area contributed by atoms with Gasteiger partial charge in [0.2, 0.25) is 0 Å². The van der Waals surface area contributed by atoms with Gasteiger partial charge in [-0.3, -0.25) is 15.0 Å². The molecule has 1 amide bonds. The summed E-state index contributed by atoms with van der Waals surface area (Å²) in [6, 6.07) is 11.3. The number of hydrogen-bond donors (Lipinski definition) is 2. The largest absolute Gasteiger partial charge is 0.330 e. The summed E-state index contributed by atoms with van der Waals surface area (Å²) >= 11 is 16.8. The lowest BCUT2D eigenvalue weighted by atomic mass is 10.2. The van der Waals surface area contributed by atoms with Gasteiger partial charge < -0.3 is 4.98 Å². The number of H-pyrrole nitrogens is 1. The van der Waals surface area contributed by atoms with E-state index in [1.807, 2.05) is 0 Å². The highest BCUT2D eigenvalue weighted by atomic mass is 35.5. The van der Waals surface area contributed by atoms with Crippen LogP contribution >= 0.6 is 35.4 Å². The third-order valence-corrected chi connectivity index (χ3v) is 4.22. The molecular weight excluding hydrogens is 357 g/mol. The van der Waals surface area contributed by atoms with Crippen LogP contribution in [0.5, 0.6) is 0 Å². The van der Waals surface area contributed by atoms with E-state index in [4.69, 9.17) is 35.4 Å². The van der Waals surface area contributed by atoms with Crippen LogP contribution in [0.4, 0.5) is 0 Å². The molecule has 3 rings (SSSR count). The normalized spacial score (nSPS) is 10.7. The lowest BCUT2D eigenvalue weighted by molar-refractivity contribution is 0.101. The van der Waals surface area contributed by atoms with Crippen molar-refractivity contribution in [3.8, 4) is 0 Å². The van der Waals surface area contributed by atoms with E-state index in [1.54, 1.807) is 24.3 Å². The average molecular weight is 366 g/mol. The van der Waals surface area contributed by atoms with Crippen molar-refractivity contribution in [2.24, 2.45) is 0 Å². The number of nitrogens with one attached hydrogen (secondary N) is 2. The molecule has 2 aromatic carbocycles. The minimum atomic E-state index is -0.527. The van der Waals surface area contributed by atoms with E-state index >= 15 is 0 Å². The van der Waals surface area contributed by atoms with E-state index in [0.29, 0.717) is 15.9 Å². The molecule has 3 aromatic rings. The number of nitrogens with zero attached hydrogens (tertiary/aromatic N) is 1. The van der Waals surface area contributed by atoms with Crippen LogP contribution in [0.15, 0.2) is 47.3 Å². The van der Waals surface area contributed by atoms with Gasteiger partial charge in [0.1, 0.15) is 0 Å². The summed E-state index contributed by atoms with van der Waals surface area (Å²) in [7, 11) is 0. The van der Waals surface area contributed by atoms with Gasteiger partial charge in [-0.25, -0.2) is 0 Å². The number of carbonyl (C=O) groups excluding carboxylic acids is 1. The minimum Gasteiger partial charge on any atom is -0.330 e. The SMILES string of the molecule is O=C(Nn1c(=S)[nH]c2ccccc2c1=O)c1ccc(Cl)c(Cl)c1. The van der Waals surface area contributed by atoms with Crippen LogP contribution in [-0.2, 0) is 0 Å². The van der Waals surface area contributed by atoms with Crippen molar-refractivity contribution in [3.63, 3.8) is 0 Å². The molecule has 0 bridgehead atoms. The molecule has 0 saturated heterocycles. The molecule has 0 unspecified atom stereocenters. The van der Waals surface area contributed by atoms with Gasteiger partial charge in [-0.15, -0.1) is 0 Å². The molecule has 0 aliphatic heterocycles. The highest BCUT2D eigenvalue weighted by molar-refractivity contribution is 7.71. The molecule has 116 valence electrons. The summed E-state index contributed by atoms with van der Waals surface area (Å²) in [5.41, 5.74) is 2.90. The van der Waals surface area contributed by atoms with Crippen molar-refractivity contribution in [3.05, 3.63) is 73.2 Å². The first kappa shape index (κ1) is 15.7. The van der Waals surface area contributed by atoms with Crippen LogP contribution in [0.3, 0.4) is 0 Å². The van der Waals surface area contributed by atoms with Crippen molar-refractivity contribution in [1.29, 1.82) is 0 Å². The molecule has 2 N–H and O–H groups in total. The number of fused-ring (bicyclic) bond motifs is 1. The number of benzene rings is 2. The molecule has 0 spiro atoms. The van der Waals surface area contributed by atoms with Crippen molar-refractivity contribution in [1.82, 2.24) is 9.66 Å². The zero-order valence-corrected chi connectivity index (χ0v) is 13.8. The lowest BCUT2D eigenvalue weighted by Gasteiger charge is -2.10. The molecule has 1 aromatic heterocycles. The van der Waals surface area contributed by atoms with E-state index in [-0.39, 0.29) is 15.4 Å². The number of aromatic amines is 1. The molecule has 0 aliphatic carbocycles. The van der Waals surface area contributed by atoms with Crippen LogP contribution in [-0.4, -0.2) is 15.6 Å². The van der Waals surface area contributed by atoms with Crippen LogP contribution < -0.4 is 11.0 Å². The lowest BCUT2D eigenvalue weighted by Crippen LogP contribution is -2.34. The smallest absolute Gasteiger partial charge is 0.281 e. The Bertz CT molecular complexity index is 1040. The highest BCUT2D eigenvalue weighted by Gasteiger charge is 2.11. The van der Waals surface area contributed by atoms with Crippen molar-refractivity contribution in [2.75, 3.05) is 5.43 Å². The maximum Gasteiger partial charge on any atom is 0.281 e. The molecule has 0 saturated carbocycles. The zero-order chi connectivity index (χ0) is 16.6. The molecule has 1 heterocycles. The van der Waals surface area contributed by atoms with E-state index in [1.165, 1.54) is 18.2 Å². The van der Waals surface area contributed by atoms with E-state index < -0.39 is 11.5 Å². The zero-order valence-electron chi connectivity index (χ0n) is 11.5. The Morgan fingerprint density at radius 3 is 2.61 bits per heavy atom. The summed E-state index contributed by atoms with van der Waals surface area (Å²) in [5, 5.41) is 0.995. The quantitative estimate of drug-likeness (QED) is 0.679. The molecule has 0 aliphatic rings. The number of amides is 1. The molecule has 0 fully saturated rings. The van der Waals surface area contributed by atoms with Crippen LogP contribution in [0, 0.1) is 4.77 Å². The number of para-hydroxylation sites is 1. The van der Waals surface area contributed by atoms with Crippen molar-refractivity contribution < 1.29 is 4.79 Å². The van der Waals surface area contributed by atoms with Gasteiger partial charge in [0.25, 0.3) is 11.5 Å². The van der Waals surface area contributed by atoms with E-state index in [2.05, 4.69) is 10.4 Å². The Morgan fingerprint density at radius 2 is 1.87 bits per heavy atom. The van der Waals surface area contributed by atoms with Gasteiger partial charge in [-0.2, -0.15) is 4.68 Å². The minimum absolute atomic E-state index is 0.0853. The molecule has 23 heavy (non-hydrogen) atoms. The Morgan fingerprint density at radius 1 is 1.13 bits per heavy atom. The second kappa shape index (κ2) is 6.16. The molecule has 8 heteroatoms. The number of carbonyl (C=O) groups is 1. The van der Waals surface area contributed by atoms with E-state index in [0.717, 1.165) is 4.68 Å². The van der Waals surface area contributed by atoms with Gasteiger partial charge in [0, 0.05) is 5.56 Å². The van der Waals surface area contributed by atoms with Gasteiger partial charge in [0.05, 0.1) is 20.9 Å². The van der Waals surface area contributed by atoms with Crippen molar-refractivity contribution in [2.45, 2.75) is 0 Å². The predicted molar refractivity (Wildman–Crippen MR) is 93.5 cm³/mol. The third-order valence-electron chi connectivity index (χ3n) is 3.20. The third kappa shape index (κ3) is 3.01. The highest BCUT2D eigenvalue weighted by Crippen LogP contribution is 2.22. The maximum atomic E-state index is 12.5. The average Bonchev–Trinajstić information content (AvgIpc) is 2.54. The van der Waals surface area contributed by atoms with E-state index in [9.17, 15) is 9.59 Å². The fraction of sp³-hybridized carbons (Fsp3) is 0. The van der Waals surface area contributed by atoms with Gasteiger partial charge in [-0.1, -0.05) is 35.3 Å². The summed E-state index contributed by atoms with van der Waals surface area (Å²) in [5.74, 6) is -0.527. The summed E-state index contributed by atoms with van der Waals surface area (Å²) in [6.07, 6.45) is 0. The van der Waals surface area contributed by atoms with Crippen LogP contribution in [0.1, 0.15) is 10.4 Å². The first-order valence-corrected chi connectivity index (χ1v) is 7.64. The second-order valence-electron chi connectivity index (χ2n) is 4.69. The standard InChI is InChI=1S/C15H9Cl2N3O2S/c16-10-6-5-8(7-11(10)17)13(21)19-20-14(22)9-3-1-2-4-12(9)18-15(20)23/h1-7H,(H,18,23)(H,19,21). The second-order valence-corrected chi connectivity index (χ2v) is 5.89. The topological polar surface area (TPSA) is 66.9 Å². The van der Waals surface area contributed by atoms with Crippen LogP contribution in [0.25, 0.3) is 10.9 Å². The molecule has 0 radical (unpaired) electrons. The molecule has 0 atom stereocenters. The Kier molecular flexibility index (Phi) is 4.21.